The normalized spacial score (nSPS) is 21.3. The number of amidine groups is 1. The first kappa shape index (κ1) is 21.7. The van der Waals surface area contributed by atoms with Gasteiger partial charge < -0.3 is 18.1 Å². The van der Waals surface area contributed by atoms with E-state index in [0.29, 0.717) is 23.5 Å². The third kappa shape index (κ3) is 4.66. The van der Waals surface area contributed by atoms with Gasteiger partial charge in [-0.2, -0.15) is 0 Å². The van der Waals surface area contributed by atoms with Crippen molar-refractivity contribution in [3.05, 3.63) is 78.4 Å². The maximum Gasteiger partial charge on any atom is 2.00 e. The van der Waals surface area contributed by atoms with Gasteiger partial charge in [0, 0.05) is 18.2 Å². The standard InChI is InChI=1S/C22H26N3.CH3.Ta/c1-15-6-5-9-19(23)21(15)22(24)25-14-17(13-20(25)18-10-11-18)12-16-7-3-2-4-8-16;;/h2-9,17-18,20,23-24H,10-14H2,1H3;1H3;/q2*-1;+2. The topological polar surface area (TPSA) is 50.9 Å². The van der Waals surface area contributed by atoms with Gasteiger partial charge in [0.15, 0.2) is 0 Å². The van der Waals surface area contributed by atoms with Gasteiger partial charge in [0.2, 0.25) is 0 Å². The second-order valence-electron chi connectivity index (χ2n) is 7.69. The van der Waals surface area contributed by atoms with E-state index in [9.17, 15) is 0 Å². The molecule has 1 saturated carbocycles. The number of nitrogens with one attached hydrogen (secondary N) is 2. The number of hydrogen-bond donors (Lipinski definition) is 1. The summed E-state index contributed by atoms with van der Waals surface area (Å²) in [6, 6.07) is 16.9. The molecule has 0 amide bonds. The molecule has 0 spiro atoms. The second-order valence-corrected chi connectivity index (χ2v) is 7.69. The van der Waals surface area contributed by atoms with E-state index in [1.807, 2.05) is 19.1 Å². The maximum atomic E-state index is 8.84. The van der Waals surface area contributed by atoms with Gasteiger partial charge in [0.25, 0.3) is 0 Å². The van der Waals surface area contributed by atoms with Crippen molar-refractivity contribution in [1.82, 2.24) is 4.90 Å². The summed E-state index contributed by atoms with van der Waals surface area (Å²) in [6.45, 7) is 2.97. The van der Waals surface area contributed by atoms with Crippen LogP contribution in [0, 0.1) is 31.6 Å². The van der Waals surface area contributed by atoms with E-state index < -0.39 is 0 Å². The van der Waals surface area contributed by atoms with E-state index >= 15 is 0 Å². The molecule has 141 valence electrons. The quantitative estimate of drug-likeness (QED) is 0.305. The van der Waals surface area contributed by atoms with E-state index in [2.05, 4.69) is 35.2 Å². The van der Waals surface area contributed by atoms with E-state index in [1.165, 1.54) is 24.8 Å². The monoisotopic (exact) mass is 528 g/mol. The van der Waals surface area contributed by atoms with Crippen LogP contribution in [0.4, 0.5) is 5.69 Å². The molecule has 2 aliphatic rings. The van der Waals surface area contributed by atoms with E-state index in [0.717, 1.165) is 30.0 Å². The van der Waals surface area contributed by atoms with Crippen LogP contribution >= 0.6 is 0 Å². The van der Waals surface area contributed by atoms with Crippen LogP contribution in [0.1, 0.15) is 36.0 Å². The fourth-order valence-corrected chi connectivity index (χ4v) is 4.36. The molecule has 0 bridgehead atoms. The van der Waals surface area contributed by atoms with Gasteiger partial charge in [0.1, 0.15) is 5.84 Å². The fraction of sp³-hybridized carbons (Fsp3) is 0.391. The molecule has 1 radical (unpaired) electrons. The van der Waals surface area contributed by atoms with Crippen molar-refractivity contribution in [2.45, 2.75) is 38.6 Å². The average molecular weight is 528 g/mol. The first-order valence-electron chi connectivity index (χ1n) is 9.34. The van der Waals surface area contributed by atoms with Crippen molar-refractivity contribution in [3.8, 4) is 0 Å². The Morgan fingerprint density at radius 2 is 1.81 bits per heavy atom. The number of hydrogen-bond acceptors (Lipinski definition) is 1. The van der Waals surface area contributed by atoms with Crippen LogP contribution in [0.3, 0.4) is 0 Å². The fourth-order valence-electron chi connectivity index (χ4n) is 4.36. The van der Waals surface area contributed by atoms with Gasteiger partial charge in [-0.05, 0) is 55.6 Å². The smallest absolute Gasteiger partial charge is 0.698 e. The first-order valence-corrected chi connectivity index (χ1v) is 9.34. The van der Waals surface area contributed by atoms with E-state index in [4.69, 9.17) is 11.1 Å². The molecule has 2 unspecified atom stereocenters. The predicted molar refractivity (Wildman–Crippen MR) is 110 cm³/mol. The molecule has 3 nitrogen and oxygen atoms in total. The molecule has 2 N–H and O–H groups in total. The summed E-state index contributed by atoms with van der Waals surface area (Å²) in [5.74, 6) is 1.92. The van der Waals surface area contributed by atoms with Crippen LogP contribution in [0.15, 0.2) is 48.5 Å². The van der Waals surface area contributed by atoms with Crippen molar-refractivity contribution in [2.75, 3.05) is 6.54 Å². The summed E-state index contributed by atoms with van der Waals surface area (Å²) in [5, 5.41) is 8.84. The summed E-state index contributed by atoms with van der Waals surface area (Å²) in [4.78, 5) is 2.31. The number of likely N-dealkylation sites (tertiary alicyclic amines) is 1. The van der Waals surface area contributed by atoms with Crippen LogP contribution < -0.4 is 0 Å². The number of nitrogens with zero attached hydrogens (tertiary/aromatic N) is 1. The van der Waals surface area contributed by atoms with Gasteiger partial charge in [-0.3, -0.25) is 5.41 Å². The maximum absolute atomic E-state index is 8.84. The zero-order valence-corrected chi connectivity index (χ0v) is 19.5. The average Bonchev–Trinajstić information content (AvgIpc) is 3.36. The molecule has 1 heterocycles. The Morgan fingerprint density at radius 1 is 1.11 bits per heavy atom. The van der Waals surface area contributed by atoms with Crippen LogP contribution in [-0.2, 0) is 28.8 Å². The molecule has 2 aromatic rings. The summed E-state index contributed by atoms with van der Waals surface area (Å²) < 4.78 is 0. The first-order chi connectivity index (χ1) is 12.1. The largest absolute Gasteiger partial charge is 2.00 e. The van der Waals surface area contributed by atoms with Crippen molar-refractivity contribution in [1.29, 1.82) is 5.41 Å². The molecule has 4 rings (SSSR count). The van der Waals surface area contributed by atoms with Crippen LogP contribution in [0.5, 0.6) is 0 Å². The predicted octanol–water partition coefficient (Wildman–Crippen LogP) is 5.80. The molecule has 1 saturated heterocycles. The Balaban J connectivity index is 0.00000131. The van der Waals surface area contributed by atoms with Crippen LogP contribution in [-0.4, -0.2) is 23.3 Å². The molecule has 0 aromatic heterocycles. The van der Waals surface area contributed by atoms with Gasteiger partial charge in [0.05, 0.1) is 0 Å². The van der Waals surface area contributed by atoms with E-state index in [1.54, 1.807) is 6.07 Å². The van der Waals surface area contributed by atoms with Gasteiger partial charge >= 0.3 is 22.4 Å². The third-order valence-electron chi connectivity index (χ3n) is 5.76. The molecule has 2 fully saturated rings. The molecule has 27 heavy (non-hydrogen) atoms. The molecule has 1 aliphatic carbocycles. The van der Waals surface area contributed by atoms with E-state index in [-0.39, 0.29) is 29.8 Å². The molecular formula is C23H29N3Ta. The number of aryl methyl sites for hydroxylation is 1. The van der Waals surface area contributed by atoms with Gasteiger partial charge in [-0.15, -0.1) is 5.69 Å². The van der Waals surface area contributed by atoms with Gasteiger partial charge in [-0.25, -0.2) is 0 Å². The summed E-state index contributed by atoms with van der Waals surface area (Å²) in [7, 11) is 0. The van der Waals surface area contributed by atoms with Crippen molar-refractivity contribution < 1.29 is 22.4 Å². The molecular weight excluding hydrogens is 499 g/mol. The van der Waals surface area contributed by atoms with Crippen LogP contribution in [0.25, 0.3) is 5.73 Å². The molecule has 2 atom stereocenters. The minimum Gasteiger partial charge on any atom is -0.698 e. The molecule has 4 heteroatoms. The Morgan fingerprint density at radius 3 is 2.44 bits per heavy atom. The molecule has 1 aliphatic heterocycles. The Bertz CT molecular complexity index is 750. The van der Waals surface area contributed by atoms with Crippen molar-refractivity contribution in [3.63, 3.8) is 0 Å². The Kier molecular flexibility index (Phi) is 7.33. The molecule has 2 aromatic carbocycles. The zero-order valence-electron chi connectivity index (χ0n) is 16.3. The Labute approximate surface area is 179 Å². The second kappa shape index (κ2) is 9.09. The zero-order chi connectivity index (χ0) is 17.4. The minimum atomic E-state index is 0. The van der Waals surface area contributed by atoms with Crippen molar-refractivity contribution in [2.24, 2.45) is 11.8 Å². The minimum absolute atomic E-state index is 0. The Hall–Kier alpha value is -1.55. The summed E-state index contributed by atoms with van der Waals surface area (Å²) in [6.07, 6.45) is 4.87. The number of benzene rings is 2. The van der Waals surface area contributed by atoms with Gasteiger partial charge in [-0.1, -0.05) is 48.5 Å². The summed E-state index contributed by atoms with van der Waals surface area (Å²) >= 11 is 0. The SMILES string of the molecule is Cc1cccc([NH-])c1C(=N)N1CC(Cc2ccccc2)CC1C1CC1.[CH3-].[Ta+2]. The van der Waals surface area contributed by atoms with Crippen LogP contribution in [0.2, 0.25) is 0 Å². The van der Waals surface area contributed by atoms with Crippen molar-refractivity contribution >= 4 is 11.5 Å². The third-order valence-corrected chi connectivity index (χ3v) is 5.76. The summed E-state index contributed by atoms with van der Waals surface area (Å²) in [5.41, 5.74) is 12.0. The number of rotatable bonds is 4.